The number of carbonyl (C=O) groups is 4. The number of aromatic nitrogens is 2. The summed E-state index contributed by atoms with van der Waals surface area (Å²) < 4.78 is 2.45. The fourth-order valence-corrected chi connectivity index (χ4v) is 4.42. The number of hydrogen-bond acceptors (Lipinski definition) is 8. The number of pyridine rings is 2. The molecule has 216 valence electrons. The molecule has 41 heavy (non-hydrogen) atoms. The van der Waals surface area contributed by atoms with Crippen molar-refractivity contribution >= 4 is 24.1 Å². The first-order valence-electron chi connectivity index (χ1n) is 12.8. The number of rotatable bonds is 8. The van der Waals surface area contributed by atoms with Crippen LogP contribution in [0.4, 0.5) is 0 Å². The van der Waals surface area contributed by atoms with Crippen molar-refractivity contribution < 1.29 is 24.3 Å². The molecule has 1 aromatic carbocycles. The minimum Gasteiger partial charge on any atom is -0.503 e. The van der Waals surface area contributed by atoms with E-state index in [2.05, 4.69) is 16.4 Å². The Kier molecular flexibility index (Phi) is 9.93. The normalized spacial score (nSPS) is 13.0. The predicted octanol–water partition coefficient (Wildman–Crippen LogP) is 0.0998. The minimum absolute atomic E-state index is 0.0687. The standard InChI is InChI=1S/C27H28N6O6.CH5N/c1-16(2)32-10-11-33-19(12-20(35)24(36)23(33)27(32)39)13-29-26(38)22(17-6-4-3-5-7-17)30-25(37)18-8-9-21(28)31(14-18)15-34;1-2/h3-9,12,14-16,22,28,36H,10-11,13H2,1-2H3,(H,29,38)(H,30,37);2H2,1H3. The van der Waals surface area contributed by atoms with Crippen molar-refractivity contribution in [3.05, 3.63) is 93.0 Å². The van der Waals surface area contributed by atoms with E-state index >= 15 is 0 Å². The van der Waals surface area contributed by atoms with E-state index in [0.29, 0.717) is 30.8 Å². The fraction of sp³-hybridized carbons (Fsp3) is 0.286. The van der Waals surface area contributed by atoms with Gasteiger partial charge in [0.1, 0.15) is 11.5 Å². The Bertz CT molecular complexity index is 1560. The molecule has 3 aromatic rings. The van der Waals surface area contributed by atoms with Gasteiger partial charge < -0.3 is 30.9 Å². The maximum absolute atomic E-state index is 13.4. The maximum Gasteiger partial charge on any atom is 0.274 e. The first kappa shape index (κ1) is 30.5. The van der Waals surface area contributed by atoms with Gasteiger partial charge in [-0.1, -0.05) is 30.3 Å². The number of nitrogens with one attached hydrogen (secondary N) is 3. The molecule has 4 rings (SSSR count). The molecule has 1 unspecified atom stereocenters. The van der Waals surface area contributed by atoms with Gasteiger partial charge in [0.15, 0.2) is 11.4 Å². The van der Waals surface area contributed by atoms with E-state index in [1.807, 2.05) is 13.8 Å². The van der Waals surface area contributed by atoms with Crippen LogP contribution in [0, 0.1) is 5.41 Å². The number of benzene rings is 1. The summed E-state index contributed by atoms with van der Waals surface area (Å²) in [7, 11) is 1.50. The molecule has 0 fully saturated rings. The fourth-order valence-electron chi connectivity index (χ4n) is 4.42. The van der Waals surface area contributed by atoms with Gasteiger partial charge in [0.2, 0.25) is 17.7 Å². The SMILES string of the molecule is CC(C)N1CCn2c(CNC(=O)C(NC(=O)c3ccc(=N)n(C=O)c3)c3ccccc3)cc(=O)c(O)c2C1=O.CN. The third kappa shape index (κ3) is 6.58. The van der Waals surface area contributed by atoms with Crippen LogP contribution in [0.15, 0.2) is 59.5 Å². The quantitative estimate of drug-likeness (QED) is 0.240. The highest BCUT2D eigenvalue weighted by molar-refractivity contribution is 5.98. The van der Waals surface area contributed by atoms with Crippen molar-refractivity contribution in [1.82, 2.24) is 24.7 Å². The number of hydrogen-bond donors (Lipinski definition) is 5. The van der Waals surface area contributed by atoms with Crippen molar-refractivity contribution in [3.8, 4) is 5.75 Å². The van der Waals surface area contributed by atoms with E-state index in [1.165, 1.54) is 36.0 Å². The molecule has 0 spiro atoms. The number of nitrogens with two attached hydrogens (primary N) is 1. The molecule has 0 bridgehead atoms. The molecule has 0 aliphatic carbocycles. The van der Waals surface area contributed by atoms with E-state index in [4.69, 9.17) is 5.41 Å². The zero-order chi connectivity index (χ0) is 30.3. The molecule has 0 radical (unpaired) electrons. The number of fused-ring (bicyclic) bond motifs is 1. The number of amides is 3. The Hall–Kier alpha value is -5.04. The van der Waals surface area contributed by atoms with E-state index in [9.17, 15) is 29.1 Å². The second-order valence-corrected chi connectivity index (χ2v) is 9.29. The monoisotopic (exact) mass is 563 g/mol. The average Bonchev–Trinajstić information content (AvgIpc) is 2.98. The van der Waals surface area contributed by atoms with Crippen LogP contribution in [0.25, 0.3) is 0 Å². The third-order valence-corrected chi connectivity index (χ3v) is 6.49. The van der Waals surface area contributed by atoms with Crippen LogP contribution in [0.3, 0.4) is 0 Å². The summed E-state index contributed by atoms with van der Waals surface area (Å²) in [6.07, 6.45) is 1.59. The summed E-state index contributed by atoms with van der Waals surface area (Å²) in [5, 5.41) is 23.4. The zero-order valence-corrected chi connectivity index (χ0v) is 23.0. The number of carbonyl (C=O) groups excluding carboxylic acids is 4. The molecular formula is C28H33N7O6. The Morgan fingerprint density at radius 2 is 1.78 bits per heavy atom. The van der Waals surface area contributed by atoms with Crippen LogP contribution >= 0.6 is 0 Å². The van der Waals surface area contributed by atoms with Gasteiger partial charge in [0.05, 0.1) is 12.1 Å². The molecule has 13 nitrogen and oxygen atoms in total. The molecule has 1 aliphatic rings. The minimum atomic E-state index is -1.14. The van der Waals surface area contributed by atoms with Crippen LogP contribution in [-0.2, 0) is 22.7 Å². The molecular weight excluding hydrogens is 530 g/mol. The van der Waals surface area contributed by atoms with Crippen LogP contribution in [0.2, 0.25) is 0 Å². The molecule has 3 amide bonds. The third-order valence-electron chi connectivity index (χ3n) is 6.49. The van der Waals surface area contributed by atoms with Crippen LogP contribution in [0.5, 0.6) is 5.75 Å². The Labute approximate surface area is 235 Å². The van der Waals surface area contributed by atoms with Crippen molar-refractivity contribution in [2.24, 2.45) is 5.73 Å². The molecule has 0 saturated carbocycles. The van der Waals surface area contributed by atoms with E-state index in [0.717, 1.165) is 4.57 Å². The summed E-state index contributed by atoms with van der Waals surface area (Å²) in [4.78, 5) is 64.5. The smallest absolute Gasteiger partial charge is 0.274 e. The maximum atomic E-state index is 13.4. The molecule has 6 N–H and O–H groups in total. The average molecular weight is 564 g/mol. The highest BCUT2D eigenvalue weighted by Gasteiger charge is 2.32. The second kappa shape index (κ2) is 13.3. The topological polar surface area (TPSA) is 193 Å². The molecule has 2 aromatic heterocycles. The van der Waals surface area contributed by atoms with Crippen LogP contribution in [0.1, 0.15) is 52.0 Å². The van der Waals surface area contributed by atoms with Crippen LogP contribution < -0.4 is 27.3 Å². The van der Waals surface area contributed by atoms with Gasteiger partial charge in [0.25, 0.3) is 11.8 Å². The van der Waals surface area contributed by atoms with Crippen molar-refractivity contribution in [2.45, 2.75) is 39.0 Å². The second-order valence-electron chi connectivity index (χ2n) is 9.29. The van der Waals surface area contributed by atoms with Crippen molar-refractivity contribution in [3.63, 3.8) is 0 Å². The molecule has 3 heterocycles. The summed E-state index contributed by atoms with van der Waals surface area (Å²) in [6.45, 7) is 4.22. The summed E-state index contributed by atoms with van der Waals surface area (Å²) in [5.41, 5.74) is 4.41. The number of nitrogens with zero attached hydrogens (tertiary/aromatic N) is 3. The van der Waals surface area contributed by atoms with Gasteiger partial charge in [-0.2, -0.15) is 0 Å². The van der Waals surface area contributed by atoms with Gasteiger partial charge >= 0.3 is 0 Å². The summed E-state index contributed by atoms with van der Waals surface area (Å²) in [5.74, 6) is -2.34. The summed E-state index contributed by atoms with van der Waals surface area (Å²) in [6, 6.07) is 11.1. The highest BCUT2D eigenvalue weighted by Crippen LogP contribution is 2.23. The predicted molar refractivity (Wildman–Crippen MR) is 150 cm³/mol. The lowest BCUT2D eigenvalue weighted by molar-refractivity contribution is -0.123. The van der Waals surface area contributed by atoms with Crippen molar-refractivity contribution in [2.75, 3.05) is 13.6 Å². The largest absolute Gasteiger partial charge is 0.503 e. The first-order chi connectivity index (χ1) is 19.6. The number of aromatic hydroxyl groups is 1. The zero-order valence-electron chi connectivity index (χ0n) is 23.0. The Morgan fingerprint density at radius 3 is 2.41 bits per heavy atom. The van der Waals surface area contributed by atoms with E-state index in [-0.39, 0.29) is 29.3 Å². The van der Waals surface area contributed by atoms with Gasteiger partial charge in [-0.15, -0.1) is 0 Å². The van der Waals surface area contributed by atoms with Gasteiger partial charge in [-0.3, -0.25) is 33.9 Å². The Balaban J connectivity index is 0.00000226. The van der Waals surface area contributed by atoms with E-state index < -0.39 is 34.9 Å². The Morgan fingerprint density at radius 1 is 1.10 bits per heavy atom. The van der Waals surface area contributed by atoms with Gasteiger partial charge in [-0.25, -0.2) is 0 Å². The van der Waals surface area contributed by atoms with Crippen molar-refractivity contribution in [1.29, 1.82) is 5.41 Å². The van der Waals surface area contributed by atoms with Gasteiger partial charge in [-0.05, 0) is 38.6 Å². The lowest BCUT2D eigenvalue weighted by Gasteiger charge is -2.34. The molecule has 1 aliphatic heterocycles. The molecule has 13 heteroatoms. The first-order valence-corrected chi connectivity index (χ1v) is 12.8. The molecule has 1 atom stereocenters. The summed E-state index contributed by atoms with van der Waals surface area (Å²) >= 11 is 0. The highest BCUT2D eigenvalue weighted by atomic mass is 16.3. The lowest BCUT2D eigenvalue weighted by Crippen LogP contribution is -2.46. The lowest BCUT2D eigenvalue weighted by atomic mass is 10.1. The van der Waals surface area contributed by atoms with E-state index in [1.54, 1.807) is 35.2 Å². The molecule has 0 saturated heterocycles. The van der Waals surface area contributed by atoms with Crippen LogP contribution in [-0.4, -0.2) is 62.9 Å². The van der Waals surface area contributed by atoms with Gasteiger partial charge in [0, 0.05) is 37.1 Å².